The molecule has 3 aromatic rings. The molecular weight excluding hydrogens is 343 g/mol. The van der Waals surface area contributed by atoms with Crippen molar-refractivity contribution in [1.29, 1.82) is 0 Å². The third kappa shape index (κ3) is 2.54. The highest BCUT2D eigenvalue weighted by atomic mass is 32.2. The van der Waals surface area contributed by atoms with Crippen molar-refractivity contribution in [3.05, 3.63) is 65.9 Å². The zero-order chi connectivity index (χ0) is 17.6. The molecule has 0 N–H and O–H groups in total. The Morgan fingerprint density at radius 2 is 1.92 bits per heavy atom. The van der Waals surface area contributed by atoms with Crippen LogP contribution in [0.2, 0.25) is 0 Å². The SMILES string of the molecule is CN1Cc2nn(S(=O)(=O)c3cccnc3)c(-c3ccccc3F)c2C1. The standard InChI is InChI=1S/C17H15FN4O2S/c1-21-10-14-16(11-21)20-22(17(14)13-6-2-3-7-15(13)18)25(23,24)12-5-4-8-19-9-12/h2-9H,10-11H2,1H3. The first-order chi connectivity index (χ1) is 12.0. The molecule has 1 aromatic carbocycles. The molecule has 0 saturated carbocycles. The molecule has 0 bridgehead atoms. The van der Waals surface area contributed by atoms with Crippen LogP contribution < -0.4 is 0 Å². The van der Waals surface area contributed by atoms with Crippen molar-refractivity contribution in [3.8, 4) is 11.3 Å². The summed E-state index contributed by atoms with van der Waals surface area (Å²) in [5, 5.41) is 4.30. The minimum atomic E-state index is -3.97. The van der Waals surface area contributed by atoms with Gasteiger partial charge in [-0.25, -0.2) is 4.39 Å². The Hall–Kier alpha value is -2.58. The molecule has 0 saturated heterocycles. The molecule has 0 aliphatic carbocycles. The van der Waals surface area contributed by atoms with Gasteiger partial charge in [-0.15, -0.1) is 0 Å². The molecule has 0 atom stereocenters. The maximum absolute atomic E-state index is 14.4. The van der Waals surface area contributed by atoms with Crippen LogP contribution in [0.25, 0.3) is 11.3 Å². The number of halogens is 1. The molecule has 8 heteroatoms. The van der Waals surface area contributed by atoms with E-state index in [1.54, 1.807) is 24.3 Å². The lowest BCUT2D eigenvalue weighted by molar-refractivity contribution is 0.348. The molecular formula is C17H15FN4O2S. The van der Waals surface area contributed by atoms with Crippen molar-refractivity contribution in [2.24, 2.45) is 0 Å². The Kier molecular flexibility index (Phi) is 3.66. The number of hydrogen-bond donors (Lipinski definition) is 0. The van der Waals surface area contributed by atoms with Crippen LogP contribution in [-0.2, 0) is 23.1 Å². The van der Waals surface area contributed by atoms with E-state index in [-0.39, 0.29) is 16.2 Å². The lowest BCUT2D eigenvalue weighted by atomic mass is 10.1. The number of fused-ring (bicyclic) bond motifs is 1. The monoisotopic (exact) mass is 358 g/mol. The molecule has 4 rings (SSSR count). The van der Waals surface area contributed by atoms with Crippen molar-refractivity contribution >= 4 is 10.0 Å². The van der Waals surface area contributed by atoms with Crippen LogP contribution in [0, 0.1) is 5.82 Å². The number of benzene rings is 1. The molecule has 1 aliphatic heterocycles. The van der Waals surface area contributed by atoms with Crippen molar-refractivity contribution in [2.75, 3.05) is 7.05 Å². The van der Waals surface area contributed by atoms with Crippen molar-refractivity contribution in [1.82, 2.24) is 19.1 Å². The van der Waals surface area contributed by atoms with E-state index >= 15 is 0 Å². The fourth-order valence-corrected chi connectivity index (χ4v) is 4.34. The van der Waals surface area contributed by atoms with Gasteiger partial charge in [0.2, 0.25) is 0 Å². The lowest BCUT2D eigenvalue weighted by Gasteiger charge is -2.13. The molecule has 2 aromatic heterocycles. The van der Waals surface area contributed by atoms with E-state index in [0.29, 0.717) is 18.8 Å². The van der Waals surface area contributed by atoms with Gasteiger partial charge in [0.15, 0.2) is 0 Å². The number of aromatic nitrogens is 3. The van der Waals surface area contributed by atoms with E-state index in [9.17, 15) is 12.8 Å². The molecule has 0 radical (unpaired) electrons. The second-order valence-corrected chi connectivity index (χ2v) is 7.73. The summed E-state index contributed by atoms with van der Waals surface area (Å²) in [6.07, 6.45) is 2.76. The van der Waals surface area contributed by atoms with Crippen LogP contribution >= 0.6 is 0 Å². The molecule has 6 nitrogen and oxygen atoms in total. The van der Waals surface area contributed by atoms with Gasteiger partial charge in [0.1, 0.15) is 10.7 Å². The first kappa shape index (κ1) is 15.9. The Morgan fingerprint density at radius 1 is 1.12 bits per heavy atom. The van der Waals surface area contributed by atoms with Gasteiger partial charge in [-0.05, 0) is 31.3 Å². The van der Waals surface area contributed by atoms with Gasteiger partial charge in [-0.2, -0.15) is 17.6 Å². The Morgan fingerprint density at radius 3 is 2.64 bits per heavy atom. The highest BCUT2D eigenvalue weighted by Crippen LogP contribution is 2.35. The van der Waals surface area contributed by atoms with Gasteiger partial charge >= 0.3 is 0 Å². The number of nitrogens with zero attached hydrogens (tertiary/aromatic N) is 4. The summed E-state index contributed by atoms with van der Waals surface area (Å²) < 4.78 is 41.5. The highest BCUT2D eigenvalue weighted by Gasteiger charge is 2.32. The predicted molar refractivity (Wildman–Crippen MR) is 89.6 cm³/mol. The second kappa shape index (κ2) is 5.75. The van der Waals surface area contributed by atoms with E-state index in [2.05, 4.69) is 10.1 Å². The van der Waals surface area contributed by atoms with E-state index in [4.69, 9.17) is 0 Å². The zero-order valence-electron chi connectivity index (χ0n) is 13.4. The van der Waals surface area contributed by atoms with Crippen molar-refractivity contribution in [3.63, 3.8) is 0 Å². The Balaban J connectivity index is 1.99. The normalized spacial score (nSPS) is 14.6. The largest absolute Gasteiger partial charge is 0.296 e. The van der Waals surface area contributed by atoms with Crippen LogP contribution in [0.5, 0.6) is 0 Å². The molecule has 0 spiro atoms. The summed E-state index contributed by atoms with van der Waals surface area (Å²) in [7, 11) is -2.06. The van der Waals surface area contributed by atoms with E-state index in [0.717, 1.165) is 9.65 Å². The summed E-state index contributed by atoms with van der Waals surface area (Å²) in [4.78, 5) is 5.89. The van der Waals surface area contributed by atoms with Crippen LogP contribution in [0.3, 0.4) is 0 Å². The van der Waals surface area contributed by atoms with E-state index in [1.807, 2.05) is 11.9 Å². The molecule has 0 unspecified atom stereocenters. The van der Waals surface area contributed by atoms with Gasteiger partial charge in [0.25, 0.3) is 10.0 Å². The average molecular weight is 358 g/mol. The summed E-state index contributed by atoms with van der Waals surface area (Å²) in [5.41, 5.74) is 1.88. The quantitative estimate of drug-likeness (QED) is 0.718. The lowest BCUT2D eigenvalue weighted by Crippen LogP contribution is -2.19. The Labute approximate surface area is 144 Å². The molecule has 0 amide bonds. The maximum Gasteiger partial charge on any atom is 0.285 e. The smallest absolute Gasteiger partial charge is 0.285 e. The average Bonchev–Trinajstić information content (AvgIpc) is 3.13. The van der Waals surface area contributed by atoms with Crippen LogP contribution in [-0.4, -0.2) is 34.5 Å². The molecule has 128 valence electrons. The topological polar surface area (TPSA) is 68.1 Å². The van der Waals surface area contributed by atoms with Gasteiger partial charge in [-0.3, -0.25) is 9.88 Å². The number of rotatable bonds is 3. The molecule has 3 heterocycles. The minimum absolute atomic E-state index is 0.0158. The number of hydrogen-bond acceptors (Lipinski definition) is 5. The predicted octanol–water partition coefficient (Wildman–Crippen LogP) is 2.27. The Bertz CT molecular complexity index is 1050. The van der Waals surface area contributed by atoms with Gasteiger partial charge in [0.05, 0.1) is 11.4 Å². The van der Waals surface area contributed by atoms with Crippen LogP contribution in [0.15, 0.2) is 53.7 Å². The summed E-state index contributed by atoms with van der Waals surface area (Å²) in [6, 6.07) is 9.13. The van der Waals surface area contributed by atoms with Crippen molar-refractivity contribution in [2.45, 2.75) is 18.0 Å². The fraction of sp³-hybridized carbons (Fsp3) is 0.176. The number of pyridine rings is 1. The first-order valence-electron chi connectivity index (χ1n) is 7.68. The van der Waals surface area contributed by atoms with Crippen LogP contribution in [0.1, 0.15) is 11.3 Å². The third-order valence-corrected chi connectivity index (χ3v) is 5.73. The van der Waals surface area contributed by atoms with Gasteiger partial charge in [0, 0.05) is 36.6 Å². The first-order valence-corrected chi connectivity index (χ1v) is 9.12. The maximum atomic E-state index is 14.4. The van der Waals surface area contributed by atoms with Gasteiger partial charge in [-0.1, -0.05) is 12.1 Å². The minimum Gasteiger partial charge on any atom is -0.296 e. The fourth-order valence-electron chi connectivity index (χ4n) is 3.04. The zero-order valence-corrected chi connectivity index (χ0v) is 14.2. The summed E-state index contributed by atoms with van der Waals surface area (Å²) in [6.45, 7) is 1.04. The summed E-state index contributed by atoms with van der Waals surface area (Å²) >= 11 is 0. The highest BCUT2D eigenvalue weighted by molar-refractivity contribution is 7.90. The van der Waals surface area contributed by atoms with E-state index < -0.39 is 15.8 Å². The van der Waals surface area contributed by atoms with Gasteiger partial charge < -0.3 is 0 Å². The van der Waals surface area contributed by atoms with Crippen LogP contribution in [0.4, 0.5) is 4.39 Å². The van der Waals surface area contributed by atoms with E-state index in [1.165, 1.54) is 24.5 Å². The summed E-state index contributed by atoms with van der Waals surface area (Å²) in [5.74, 6) is -0.484. The third-order valence-electron chi connectivity index (χ3n) is 4.17. The van der Waals surface area contributed by atoms with Crippen molar-refractivity contribution < 1.29 is 12.8 Å². The molecule has 1 aliphatic rings. The molecule has 25 heavy (non-hydrogen) atoms. The molecule has 0 fully saturated rings. The second-order valence-electron chi connectivity index (χ2n) is 5.96.